The molecule has 13 nitrogen and oxygen atoms in total. The van der Waals surface area contributed by atoms with Crippen molar-refractivity contribution in [1.82, 2.24) is 25.1 Å². The molecule has 0 bridgehead atoms. The number of rotatable bonds is 11. The smallest absolute Gasteiger partial charge is 0.404 e. The van der Waals surface area contributed by atoms with Crippen LogP contribution in [-0.2, 0) is 33.7 Å². The highest BCUT2D eigenvalue weighted by atomic mass is 35.5. The molecule has 0 aliphatic carbocycles. The van der Waals surface area contributed by atoms with Crippen LogP contribution in [0.2, 0.25) is 5.02 Å². The highest BCUT2D eigenvalue weighted by molar-refractivity contribution is 7.46. The van der Waals surface area contributed by atoms with Gasteiger partial charge in [0.05, 0.1) is 23.8 Å². The van der Waals surface area contributed by atoms with Gasteiger partial charge < -0.3 is 24.5 Å². The lowest BCUT2D eigenvalue weighted by Crippen LogP contribution is -2.76. The molecule has 2 aliphatic heterocycles. The van der Waals surface area contributed by atoms with Gasteiger partial charge in [0.1, 0.15) is 18.0 Å². The Bertz CT molecular complexity index is 1700. The van der Waals surface area contributed by atoms with Crippen LogP contribution in [-0.4, -0.2) is 93.4 Å². The van der Waals surface area contributed by atoms with Crippen molar-refractivity contribution in [3.05, 3.63) is 107 Å². The molecule has 2 aliphatic rings. The van der Waals surface area contributed by atoms with Crippen LogP contribution < -0.4 is 14.7 Å². The van der Waals surface area contributed by atoms with Gasteiger partial charge in [-0.2, -0.15) is 0 Å². The van der Waals surface area contributed by atoms with Gasteiger partial charge in [0.25, 0.3) is 0 Å². The van der Waals surface area contributed by atoms with Crippen LogP contribution in [0.15, 0.2) is 85.5 Å². The molecule has 0 aromatic heterocycles. The molecule has 3 N–H and O–H groups in total. The number of hydrogen-bond donors (Lipinski definition) is 3. The molecule has 2 fully saturated rings. The van der Waals surface area contributed by atoms with E-state index in [-0.39, 0.29) is 56.7 Å². The van der Waals surface area contributed by atoms with E-state index in [9.17, 15) is 28.7 Å². The van der Waals surface area contributed by atoms with E-state index in [1.807, 2.05) is 61.5 Å². The first kappa shape index (κ1) is 34.9. The number of nitrogens with one attached hydrogen (secondary N) is 1. The minimum atomic E-state index is -4.76. The summed E-state index contributed by atoms with van der Waals surface area (Å²) in [7, 11) is -1.02. The molecule has 0 saturated carbocycles. The van der Waals surface area contributed by atoms with E-state index < -0.39 is 26.1 Å². The molecule has 2 heterocycles. The van der Waals surface area contributed by atoms with Crippen LogP contribution >= 0.6 is 19.4 Å². The van der Waals surface area contributed by atoms with Crippen molar-refractivity contribution >= 4 is 43.0 Å². The third-order valence-electron chi connectivity index (χ3n) is 8.11. The highest BCUT2D eigenvalue weighted by Crippen LogP contribution is 2.38. The molecule has 48 heavy (non-hydrogen) atoms. The van der Waals surface area contributed by atoms with Gasteiger partial charge in [-0.15, -0.1) is 6.58 Å². The molecule has 2 atom stereocenters. The number of carbonyl (C=O) groups is 3. The van der Waals surface area contributed by atoms with Gasteiger partial charge in [0.2, 0.25) is 11.8 Å². The summed E-state index contributed by atoms with van der Waals surface area (Å²) in [5.41, 5.74) is 3.11. The van der Waals surface area contributed by atoms with E-state index in [0.29, 0.717) is 10.6 Å². The predicted octanol–water partition coefficient (Wildman–Crippen LogP) is 3.61. The van der Waals surface area contributed by atoms with Crippen LogP contribution in [0.25, 0.3) is 0 Å². The minimum absolute atomic E-state index is 0.0441. The Morgan fingerprint density at radius 3 is 2.40 bits per heavy atom. The van der Waals surface area contributed by atoms with Crippen LogP contribution in [0.4, 0.5) is 10.5 Å². The number of urea groups is 1. The third kappa shape index (κ3) is 8.18. The number of benzene rings is 3. The average molecular weight is 697 g/mol. The lowest BCUT2D eigenvalue weighted by molar-refractivity contribution is -0.189. The van der Waals surface area contributed by atoms with E-state index in [2.05, 4.69) is 16.4 Å². The normalized spacial score (nSPS) is 18.4. The summed E-state index contributed by atoms with van der Waals surface area (Å²) < 4.78 is 16.0. The van der Waals surface area contributed by atoms with E-state index in [4.69, 9.17) is 11.6 Å². The molecule has 0 spiro atoms. The second-order valence-electron chi connectivity index (χ2n) is 11.8. The number of hydrazine groups is 1. The first-order valence-electron chi connectivity index (χ1n) is 15.2. The monoisotopic (exact) mass is 696 g/mol. The van der Waals surface area contributed by atoms with Crippen molar-refractivity contribution in [2.24, 2.45) is 0 Å². The number of anilines is 1. The molecule has 3 aromatic carbocycles. The third-order valence-corrected chi connectivity index (χ3v) is 8.88. The first-order valence-corrected chi connectivity index (χ1v) is 17.1. The number of carbonyl (C=O) groups excluding carboxylic acids is 3. The van der Waals surface area contributed by atoms with Gasteiger partial charge in [-0.1, -0.05) is 66.2 Å². The van der Waals surface area contributed by atoms with Crippen LogP contribution in [0, 0.1) is 0 Å². The standard InChI is InChI=1S/C33H38ClN6O7P/c1-4-16-38-22-31(41)39-29(17-23-10-13-26(14-11-23)47-48(44,45)46)32(42)37(20-25-12-15-27(34)28(18-25)36(2)3)21-30(39)40(38)33(43)35-19-24-8-6-5-7-9-24/h4-15,18,29-30H,1,16-17,19-22H2,2-3H3,(H,35,43)(H2,44,45,46)/t29-,30-/m0/s1. The number of nitrogens with zero attached hydrogens (tertiary/aromatic N) is 5. The zero-order valence-electron chi connectivity index (χ0n) is 26.6. The van der Waals surface area contributed by atoms with Gasteiger partial charge >= 0.3 is 13.9 Å². The summed E-state index contributed by atoms with van der Waals surface area (Å²) in [5, 5.41) is 6.66. The number of hydrogen-bond acceptors (Lipinski definition) is 7. The Morgan fingerprint density at radius 2 is 1.75 bits per heavy atom. The van der Waals surface area contributed by atoms with Crippen LogP contribution in [0.1, 0.15) is 16.7 Å². The predicted molar refractivity (Wildman–Crippen MR) is 181 cm³/mol. The van der Waals surface area contributed by atoms with Crippen molar-refractivity contribution in [2.75, 3.05) is 38.6 Å². The summed E-state index contributed by atoms with van der Waals surface area (Å²) in [6, 6.07) is 19.5. The van der Waals surface area contributed by atoms with Crippen LogP contribution in [0.3, 0.4) is 0 Å². The van der Waals surface area contributed by atoms with Crippen molar-refractivity contribution in [2.45, 2.75) is 31.7 Å². The summed E-state index contributed by atoms with van der Waals surface area (Å²) in [6.07, 6.45) is 0.849. The van der Waals surface area contributed by atoms with Gasteiger partial charge in [0.15, 0.2) is 0 Å². The fraction of sp³-hybridized carbons (Fsp3) is 0.303. The van der Waals surface area contributed by atoms with Gasteiger partial charge in [-0.3, -0.25) is 19.4 Å². The second-order valence-corrected chi connectivity index (χ2v) is 13.3. The molecule has 15 heteroatoms. The summed E-state index contributed by atoms with van der Waals surface area (Å²) in [6.45, 7) is 4.39. The van der Waals surface area contributed by atoms with Crippen molar-refractivity contribution in [3.63, 3.8) is 0 Å². The van der Waals surface area contributed by atoms with Crippen molar-refractivity contribution < 1.29 is 33.3 Å². The fourth-order valence-electron chi connectivity index (χ4n) is 5.96. The summed E-state index contributed by atoms with van der Waals surface area (Å²) in [4.78, 5) is 65.4. The Balaban J connectivity index is 1.50. The lowest BCUT2D eigenvalue weighted by atomic mass is 9.98. The largest absolute Gasteiger partial charge is 0.524 e. The van der Waals surface area contributed by atoms with Gasteiger partial charge in [0, 0.05) is 40.2 Å². The molecule has 3 aromatic rings. The maximum atomic E-state index is 14.3. The van der Waals surface area contributed by atoms with E-state index in [1.165, 1.54) is 22.0 Å². The lowest BCUT2D eigenvalue weighted by Gasteiger charge is -2.55. The topological polar surface area (TPSA) is 146 Å². The molecule has 0 radical (unpaired) electrons. The summed E-state index contributed by atoms with van der Waals surface area (Å²) >= 11 is 6.42. The van der Waals surface area contributed by atoms with Crippen molar-refractivity contribution in [3.8, 4) is 5.75 Å². The molecule has 0 unspecified atom stereocenters. The Kier molecular flexibility index (Phi) is 10.8. The SMILES string of the molecule is C=CCN1CC(=O)N2[C@@H](Cc3ccc(OP(=O)(O)O)cc3)C(=O)N(Cc3ccc(Cl)c(N(C)C)c3)C[C@@H]2N1C(=O)NCc1ccccc1. The number of piperazine rings is 1. The van der Waals surface area contributed by atoms with E-state index >= 15 is 0 Å². The van der Waals surface area contributed by atoms with E-state index in [0.717, 1.165) is 16.8 Å². The number of phosphoric acid groups is 1. The highest BCUT2D eigenvalue weighted by Gasteiger charge is 2.51. The Labute approximate surface area is 284 Å². The second kappa shape index (κ2) is 14.8. The molecule has 5 rings (SSSR count). The van der Waals surface area contributed by atoms with Crippen LogP contribution in [0.5, 0.6) is 5.75 Å². The fourth-order valence-corrected chi connectivity index (χ4v) is 6.65. The van der Waals surface area contributed by atoms with Gasteiger partial charge in [-0.25, -0.2) is 19.4 Å². The average Bonchev–Trinajstić information content (AvgIpc) is 3.03. The minimum Gasteiger partial charge on any atom is -0.404 e. The van der Waals surface area contributed by atoms with Crippen molar-refractivity contribution in [1.29, 1.82) is 0 Å². The number of fused-ring (bicyclic) bond motifs is 1. The zero-order valence-corrected chi connectivity index (χ0v) is 28.3. The Morgan fingerprint density at radius 1 is 1.06 bits per heavy atom. The maximum Gasteiger partial charge on any atom is 0.524 e. The molecule has 254 valence electrons. The van der Waals surface area contributed by atoms with Gasteiger partial charge in [-0.05, 0) is 41.0 Å². The Hall–Kier alpha value is -4.39. The molecular weight excluding hydrogens is 659 g/mol. The molecular formula is C33H38ClN6O7P. The number of amides is 4. The van der Waals surface area contributed by atoms with E-state index in [1.54, 1.807) is 34.2 Å². The molecule has 2 saturated heterocycles. The quantitative estimate of drug-likeness (QED) is 0.202. The summed E-state index contributed by atoms with van der Waals surface area (Å²) in [5.74, 6) is -0.676. The number of halogens is 1. The first-order chi connectivity index (χ1) is 22.8. The molecule has 4 amide bonds. The number of phosphoric ester groups is 1. The maximum absolute atomic E-state index is 14.3. The zero-order chi connectivity index (χ0) is 34.6.